The molecule has 0 fully saturated rings. The van der Waals surface area contributed by atoms with Crippen LogP contribution >= 0.6 is 0 Å². The first-order chi connectivity index (χ1) is 11.3. The molecule has 0 bridgehead atoms. The van der Waals surface area contributed by atoms with Gasteiger partial charge in [-0.25, -0.2) is 0 Å². The summed E-state index contributed by atoms with van der Waals surface area (Å²) < 4.78 is 0. The third kappa shape index (κ3) is 3.93. The molecule has 0 spiro atoms. The lowest BCUT2D eigenvalue weighted by Gasteiger charge is -2.25. The highest BCUT2D eigenvalue weighted by Gasteiger charge is 2.18. The average molecular weight is 304 g/mol. The number of hydrogen-bond donors (Lipinski definition) is 0. The van der Waals surface area contributed by atoms with Crippen molar-refractivity contribution in [3.63, 3.8) is 0 Å². The number of rotatable bonds is 6. The van der Waals surface area contributed by atoms with E-state index in [1.807, 2.05) is 0 Å². The molecule has 120 valence electrons. The highest BCUT2D eigenvalue weighted by molar-refractivity contribution is 5.65. The maximum Gasteiger partial charge on any atom is -0.0181 e. The van der Waals surface area contributed by atoms with Crippen LogP contribution in [0.4, 0.5) is 0 Å². The number of fused-ring (bicyclic) bond motifs is 1. The molecule has 0 heterocycles. The number of hydrogen-bond acceptors (Lipinski definition) is 0. The molecule has 1 unspecified atom stereocenters. The molecule has 0 saturated heterocycles. The minimum atomic E-state index is 0.847. The Morgan fingerprint density at radius 3 is 2.57 bits per heavy atom. The molecule has 0 heteroatoms. The van der Waals surface area contributed by atoms with Crippen molar-refractivity contribution in [3.8, 4) is 11.1 Å². The predicted octanol–water partition coefficient (Wildman–Crippen LogP) is 6.38. The van der Waals surface area contributed by atoms with E-state index in [0.717, 1.165) is 12.3 Å². The van der Waals surface area contributed by atoms with E-state index in [0.29, 0.717) is 0 Å². The molecule has 0 N–H and O–H groups in total. The highest BCUT2D eigenvalue weighted by atomic mass is 14.2. The lowest BCUT2D eigenvalue weighted by molar-refractivity contribution is 0.431. The monoisotopic (exact) mass is 304 g/mol. The van der Waals surface area contributed by atoms with Crippen molar-refractivity contribution in [3.05, 3.63) is 71.8 Å². The Labute approximate surface area is 141 Å². The number of aryl methyl sites for hydroxylation is 2. The summed E-state index contributed by atoms with van der Waals surface area (Å²) >= 11 is 0. The van der Waals surface area contributed by atoms with Gasteiger partial charge < -0.3 is 0 Å². The summed E-state index contributed by atoms with van der Waals surface area (Å²) in [4.78, 5) is 0. The normalized spacial score (nSPS) is 16.8. The minimum Gasteiger partial charge on any atom is -0.103 e. The van der Waals surface area contributed by atoms with Gasteiger partial charge in [0.1, 0.15) is 0 Å². The third-order valence-corrected chi connectivity index (χ3v) is 5.14. The van der Waals surface area contributed by atoms with Gasteiger partial charge in [0.05, 0.1) is 0 Å². The standard InChI is InChI=1S/C23H28/c1-3-5-7-19-10-13-23-17-22(15-14-21(23)16-19)20-11-8-18(6-4-2)9-12-20/h3,8-9,11-12,14-15,17,19H,1,4-7,10,13,16H2,2H3. The Bertz CT molecular complexity index is 648. The molecule has 1 atom stereocenters. The molecular weight excluding hydrogens is 276 g/mol. The van der Waals surface area contributed by atoms with Crippen LogP contribution in [-0.4, -0.2) is 0 Å². The first-order valence-electron chi connectivity index (χ1n) is 9.12. The van der Waals surface area contributed by atoms with Crippen LogP contribution in [0.5, 0.6) is 0 Å². The van der Waals surface area contributed by atoms with Gasteiger partial charge >= 0.3 is 0 Å². The fourth-order valence-corrected chi connectivity index (χ4v) is 3.76. The van der Waals surface area contributed by atoms with Crippen molar-refractivity contribution >= 4 is 0 Å². The second-order valence-electron chi connectivity index (χ2n) is 6.91. The van der Waals surface area contributed by atoms with Crippen LogP contribution in [0, 0.1) is 5.92 Å². The van der Waals surface area contributed by atoms with E-state index in [1.165, 1.54) is 55.2 Å². The van der Waals surface area contributed by atoms with Crippen LogP contribution in [0.2, 0.25) is 0 Å². The molecular formula is C23H28. The molecule has 0 radical (unpaired) electrons. The molecule has 0 aliphatic heterocycles. The Morgan fingerprint density at radius 1 is 1.04 bits per heavy atom. The van der Waals surface area contributed by atoms with Gasteiger partial charge in [-0.2, -0.15) is 0 Å². The molecule has 1 aliphatic carbocycles. The van der Waals surface area contributed by atoms with Crippen LogP contribution < -0.4 is 0 Å². The van der Waals surface area contributed by atoms with E-state index in [9.17, 15) is 0 Å². The lowest BCUT2D eigenvalue weighted by atomic mass is 9.80. The van der Waals surface area contributed by atoms with Crippen LogP contribution in [0.3, 0.4) is 0 Å². The first kappa shape index (κ1) is 16.1. The maximum absolute atomic E-state index is 3.85. The number of benzene rings is 2. The van der Waals surface area contributed by atoms with Crippen LogP contribution in [0.1, 0.15) is 49.3 Å². The molecule has 0 amide bonds. The summed E-state index contributed by atoms with van der Waals surface area (Å²) in [5.74, 6) is 0.847. The zero-order valence-electron chi connectivity index (χ0n) is 14.4. The first-order valence-corrected chi connectivity index (χ1v) is 9.12. The van der Waals surface area contributed by atoms with Crippen molar-refractivity contribution in [1.82, 2.24) is 0 Å². The molecule has 0 nitrogen and oxygen atoms in total. The van der Waals surface area contributed by atoms with E-state index in [2.05, 4.69) is 62.0 Å². The molecule has 0 saturated carbocycles. The quantitative estimate of drug-likeness (QED) is 0.543. The van der Waals surface area contributed by atoms with Crippen molar-refractivity contribution in [2.24, 2.45) is 5.92 Å². The molecule has 2 aromatic carbocycles. The smallest absolute Gasteiger partial charge is 0.0181 e. The molecule has 3 rings (SSSR count). The van der Waals surface area contributed by atoms with Gasteiger partial charge in [-0.1, -0.05) is 61.9 Å². The average Bonchev–Trinajstić information content (AvgIpc) is 2.60. The van der Waals surface area contributed by atoms with E-state index >= 15 is 0 Å². The van der Waals surface area contributed by atoms with E-state index in [1.54, 1.807) is 11.1 Å². The van der Waals surface area contributed by atoms with Crippen molar-refractivity contribution in [2.45, 2.75) is 51.9 Å². The summed E-state index contributed by atoms with van der Waals surface area (Å²) in [6.45, 7) is 6.09. The summed E-state index contributed by atoms with van der Waals surface area (Å²) in [6.07, 6.45) is 10.7. The summed E-state index contributed by atoms with van der Waals surface area (Å²) in [6, 6.07) is 16.2. The second-order valence-corrected chi connectivity index (χ2v) is 6.91. The van der Waals surface area contributed by atoms with Gasteiger partial charge in [-0.15, -0.1) is 6.58 Å². The van der Waals surface area contributed by atoms with Gasteiger partial charge in [0, 0.05) is 0 Å². The van der Waals surface area contributed by atoms with Crippen molar-refractivity contribution < 1.29 is 0 Å². The van der Waals surface area contributed by atoms with Crippen LogP contribution in [0.15, 0.2) is 55.1 Å². The summed E-state index contributed by atoms with van der Waals surface area (Å²) in [5, 5.41) is 0. The van der Waals surface area contributed by atoms with Gasteiger partial charge in [-0.05, 0) is 72.3 Å². The summed E-state index contributed by atoms with van der Waals surface area (Å²) in [5.41, 5.74) is 7.30. The second kappa shape index (κ2) is 7.64. The van der Waals surface area contributed by atoms with Crippen LogP contribution in [0.25, 0.3) is 11.1 Å². The van der Waals surface area contributed by atoms with Gasteiger partial charge in [0.2, 0.25) is 0 Å². The van der Waals surface area contributed by atoms with E-state index in [4.69, 9.17) is 0 Å². The number of allylic oxidation sites excluding steroid dienone is 1. The molecule has 1 aliphatic rings. The Hall–Kier alpha value is -1.82. The lowest BCUT2D eigenvalue weighted by Crippen LogP contribution is -2.14. The van der Waals surface area contributed by atoms with Crippen LogP contribution in [-0.2, 0) is 19.3 Å². The fraction of sp³-hybridized carbons (Fsp3) is 0.391. The summed E-state index contributed by atoms with van der Waals surface area (Å²) in [7, 11) is 0. The Balaban J connectivity index is 1.75. The zero-order valence-corrected chi connectivity index (χ0v) is 14.4. The van der Waals surface area contributed by atoms with E-state index in [-0.39, 0.29) is 0 Å². The topological polar surface area (TPSA) is 0 Å². The maximum atomic E-state index is 3.85. The van der Waals surface area contributed by atoms with Crippen molar-refractivity contribution in [1.29, 1.82) is 0 Å². The van der Waals surface area contributed by atoms with Gasteiger partial charge in [0.25, 0.3) is 0 Å². The molecule has 0 aromatic heterocycles. The van der Waals surface area contributed by atoms with E-state index < -0.39 is 0 Å². The molecule has 23 heavy (non-hydrogen) atoms. The Kier molecular flexibility index (Phi) is 5.33. The fourth-order valence-electron chi connectivity index (χ4n) is 3.76. The SMILES string of the molecule is C=CCCC1CCc2cc(-c3ccc(CCC)cc3)ccc2C1. The molecule has 2 aromatic rings. The highest BCUT2D eigenvalue weighted by Crippen LogP contribution is 2.31. The Morgan fingerprint density at radius 2 is 1.83 bits per heavy atom. The van der Waals surface area contributed by atoms with Gasteiger partial charge in [-0.3, -0.25) is 0 Å². The predicted molar refractivity (Wildman–Crippen MR) is 101 cm³/mol. The minimum absolute atomic E-state index is 0.847. The van der Waals surface area contributed by atoms with Crippen molar-refractivity contribution in [2.75, 3.05) is 0 Å². The van der Waals surface area contributed by atoms with Gasteiger partial charge in [0.15, 0.2) is 0 Å². The largest absolute Gasteiger partial charge is 0.103 e. The zero-order chi connectivity index (χ0) is 16.1. The third-order valence-electron chi connectivity index (χ3n) is 5.14.